The largest absolute Gasteiger partial charge is 0.362 e. The molecule has 0 aliphatic carbocycles. The number of carbonyl (C=O) groups is 1. The van der Waals surface area contributed by atoms with Gasteiger partial charge in [0.15, 0.2) is 0 Å². The molecule has 0 fully saturated rings. The van der Waals surface area contributed by atoms with Gasteiger partial charge in [-0.05, 0) is 20.3 Å². The average Bonchev–Trinajstić information content (AvgIpc) is 2.90. The van der Waals surface area contributed by atoms with Crippen LogP contribution in [0.5, 0.6) is 0 Å². The Balaban J connectivity index is 1.72. The van der Waals surface area contributed by atoms with Gasteiger partial charge in [-0.2, -0.15) is 5.10 Å². The zero-order valence-electron chi connectivity index (χ0n) is 15.5. The first-order valence-corrected chi connectivity index (χ1v) is 8.53. The first-order valence-electron chi connectivity index (χ1n) is 8.53. The number of nitrogens with zero attached hydrogens (tertiary/aromatic N) is 7. The van der Waals surface area contributed by atoms with Crippen molar-refractivity contribution in [3.63, 3.8) is 0 Å². The molecular formula is C17H25N7O. The number of aromatic nitrogens is 5. The Hall–Kier alpha value is -2.51. The Morgan fingerprint density at radius 3 is 2.72 bits per heavy atom. The number of anilines is 1. The van der Waals surface area contributed by atoms with Crippen LogP contribution in [-0.2, 0) is 24.3 Å². The molecule has 134 valence electrons. The van der Waals surface area contributed by atoms with Gasteiger partial charge in [-0.1, -0.05) is 6.92 Å². The number of hydrogen-bond donors (Lipinski definition) is 0. The fourth-order valence-electron chi connectivity index (χ4n) is 3.29. The van der Waals surface area contributed by atoms with Crippen molar-refractivity contribution in [2.24, 2.45) is 5.92 Å². The summed E-state index contributed by atoms with van der Waals surface area (Å²) in [5, 5.41) is 4.35. The van der Waals surface area contributed by atoms with E-state index in [4.69, 9.17) is 0 Å². The molecule has 0 unspecified atom stereocenters. The van der Waals surface area contributed by atoms with Crippen molar-refractivity contribution < 1.29 is 4.79 Å². The Morgan fingerprint density at radius 2 is 2.08 bits per heavy atom. The number of fused-ring (bicyclic) bond motifs is 1. The zero-order valence-corrected chi connectivity index (χ0v) is 15.5. The highest BCUT2D eigenvalue weighted by Crippen LogP contribution is 2.25. The molecule has 8 heteroatoms. The molecule has 3 heterocycles. The second-order valence-electron chi connectivity index (χ2n) is 6.82. The summed E-state index contributed by atoms with van der Waals surface area (Å²) in [4.78, 5) is 29.8. The van der Waals surface area contributed by atoms with Crippen LogP contribution >= 0.6 is 0 Å². The van der Waals surface area contributed by atoms with Crippen LogP contribution in [0, 0.1) is 19.8 Å². The fraction of sp³-hybridized carbons (Fsp3) is 0.588. The second-order valence-corrected chi connectivity index (χ2v) is 6.82. The van der Waals surface area contributed by atoms with Gasteiger partial charge in [0.2, 0.25) is 5.91 Å². The summed E-state index contributed by atoms with van der Waals surface area (Å²) in [5.74, 6) is 2.49. The molecule has 0 N–H and O–H groups in total. The molecular weight excluding hydrogens is 318 g/mol. The van der Waals surface area contributed by atoms with Crippen LogP contribution in [0.25, 0.3) is 0 Å². The van der Waals surface area contributed by atoms with Gasteiger partial charge in [-0.3, -0.25) is 4.79 Å². The Kier molecular flexibility index (Phi) is 4.69. The van der Waals surface area contributed by atoms with Crippen LogP contribution in [0.2, 0.25) is 0 Å². The quantitative estimate of drug-likeness (QED) is 0.823. The van der Waals surface area contributed by atoms with E-state index in [0.717, 1.165) is 35.1 Å². The van der Waals surface area contributed by atoms with Crippen LogP contribution in [0.3, 0.4) is 0 Å². The van der Waals surface area contributed by atoms with Gasteiger partial charge in [0, 0.05) is 26.2 Å². The lowest BCUT2D eigenvalue weighted by Crippen LogP contribution is -2.41. The molecule has 1 amide bonds. The van der Waals surface area contributed by atoms with Crippen LogP contribution in [0.1, 0.15) is 29.8 Å². The average molecular weight is 343 g/mol. The number of aryl methyl sites for hydroxylation is 2. The monoisotopic (exact) mass is 343 g/mol. The first kappa shape index (κ1) is 17.3. The Labute approximate surface area is 147 Å². The van der Waals surface area contributed by atoms with Crippen LogP contribution < -0.4 is 4.90 Å². The molecule has 0 radical (unpaired) electrons. The number of carbonyl (C=O) groups excluding carboxylic acids is 1. The normalized spacial score (nSPS) is 15.0. The molecule has 8 nitrogen and oxygen atoms in total. The van der Waals surface area contributed by atoms with Gasteiger partial charge in [-0.15, -0.1) is 0 Å². The Bertz CT molecular complexity index is 783. The summed E-state index contributed by atoms with van der Waals surface area (Å²) in [5.41, 5.74) is 2.09. The topological polar surface area (TPSA) is 80.0 Å². The van der Waals surface area contributed by atoms with E-state index in [1.54, 1.807) is 6.33 Å². The molecule has 0 saturated carbocycles. The van der Waals surface area contributed by atoms with Crippen molar-refractivity contribution >= 4 is 11.7 Å². The molecule has 0 spiro atoms. The van der Waals surface area contributed by atoms with Crippen molar-refractivity contribution in [3.8, 4) is 0 Å². The standard InChI is InChI=1S/C17H25N7O/c1-11(8-24-13(3)20-12(2)21-24)17(25)23-7-6-14-15(9-23)18-10-19-16(14)22(4)5/h10-11H,6-9H2,1-5H3/t11-/m1/s1. The molecule has 1 aliphatic heterocycles. The van der Waals surface area contributed by atoms with Gasteiger partial charge in [0.1, 0.15) is 23.8 Å². The summed E-state index contributed by atoms with van der Waals surface area (Å²) < 4.78 is 1.81. The third-order valence-electron chi connectivity index (χ3n) is 4.55. The molecule has 0 saturated heterocycles. The molecule has 25 heavy (non-hydrogen) atoms. The maximum atomic E-state index is 12.9. The summed E-state index contributed by atoms with van der Waals surface area (Å²) in [6, 6.07) is 0. The van der Waals surface area contributed by atoms with Crippen molar-refractivity contribution in [1.82, 2.24) is 29.6 Å². The third kappa shape index (κ3) is 3.47. The van der Waals surface area contributed by atoms with E-state index in [9.17, 15) is 4.79 Å². The van der Waals surface area contributed by atoms with Gasteiger partial charge >= 0.3 is 0 Å². The fourth-order valence-corrected chi connectivity index (χ4v) is 3.29. The Morgan fingerprint density at radius 1 is 1.32 bits per heavy atom. The van der Waals surface area contributed by atoms with E-state index >= 15 is 0 Å². The van der Waals surface area contributed by atoms with Gasteiger partial charge in [0.05, 0.1) is 24.7 Å². The highest BCUT2D eigenvalue weighted by molar-refractivity contribution is 5.78. The third-order valence-corrected chi connectivity index (χ3v) is 4.55. The van der Waals surface area contributed by atoms with E-state index in [2.05, 4.69) is 20.1 Å². The molecule has 1 atom stereocenters. The molecule has 2 aromatic heterocycles. The van der Waals surface area contributed by atoms with Gasteiger partial charge in [0.25, 0.3) is 0 Å². The summed E-state index contributed by atoms with van der Waals surface area (Å²) in [6.07, 6.45) is 2.36. The molecule has 2 aromatic rings. The molecule has 0 bridgehead atoms. The minimum absolute atomic E-state index is 0.128. The van der Waals surface area contributed by atoms with Crippen molar-refractivity contribution in [3.05, 3.63) is 29.2 Å². The molecule has 0 aromatic carbocycles. The van der Waals surface area contributed by atoms with E-state index in [1.165, 1.54) is 0 Å². The van der Waals surface area contributed by atoms with Crippen molar-refractivity contribution in [2.45, 2.75) is 40.3 Å². The maximum absolute atomic E-state index is 12.9. The minimum atomic E-state index is -0.156. The summed E-state index contributed by atoms with van der Waals surface area (Å²) in [7, 11) is 3.95. The highest BCUT2D eigenvalue weighted by Gasteiger charge is 2.28. The van der Waals surface area contributed by atoms with Crippen LogP contribution in [0.4, 0.5) is 5.82 Å². The van der Waals surface area contributed by atoms with Gasteiger partial charge in [-0.25, -0.2) is 19.6 Å². The van der Waals surface area contributed by atoms with Crippen LogP contribution in [0.15, 0.2) is 6.33 Å². The number of amides is 1. The first-order chi connectivity index (χ1) is 11.9. The number of hydrogen-bond acceptors (Lipinski definition) is 6. The van der Waals surface area contributed by atoms with E-state index in [-0.39, 0.29) is 11.8 Å². The summed E-state index contributed by atoms with van der Waals surface area (Å²) in [6.45, 7) is 7.49. The van der Waals surface area contributed by atoms with Gasteiger partial charge < -0.3 is 9.80 Å². The SMILES string of the molecule is Cc1nc(C)n(C[C@@H](C)C(=O)N2CCc3c(ncnc3N(C)C)C2)n1. The van der Waals surface area contributed by atoms with Crippen molar-refractivity contribution in [2.75, 3.05) is 25.5 Å². The zero-order chi connectivity index (χ0) is 18.1. The second kappa shape index (κ2) is 6.78. The summed E-state index contributed by atoms with van der Waals surface area (Å²) >= 11 is 0. The smallest absolute Gasteiger partial charge is 0.227 e. The molecule has 1 aliphatic rings. The molecule has 3 rings (SSSR count). The van der Waals surface area contributed by atoms with Crippen molar-refractivity contribution in [1.29, 1.82) is 0 Å². The lowest BCUT2D eigenvalue weighted by molar-refractivity contribution is -0.136. The number of rotatable bonds is 4. The van der Waals surface area contributed by atoms with Crippen LogP contribution in [-0.4, -0.2) is 56.2 Å². The maximum Gasteiger partial charge on any atom is 0.227 e. The van der Waals surface area contributed by atoms with E-state index in [0.29, 0.717) is 19.6 Å². The lowest BCUT2D eigenvalue weighted by atomic mass is 10.0. The minimum Gasteiger partial charge on any atom is -0.362 e. The van der Waals surface area contributed by atoms with E-state index < -0.39 is 0 Å². The highest BCUT2D eigenvalue weighted by atomic mass is 16.2. The predicted molar refractivity (Wildman–Crippen MR) is 94.1 cm³/mol. The lowest BCUT2D eigenvalue weighted by Gasteiger charge is -2.31. The predicted octanol–water partition coefficient (Wildman–Crippen LogP) is 0.972. The van der Waals surface area contributed by atoms with E-state index in [1.807, 2.05) is 49.3 Å².